The summed E-state index contributed by atoms with van der Waals surface area (Å²) in [5.41, 5.74) is 2.09. The summed E-state index contributed by atoms with van der Waals surface area (Å²) in [5.74, 6) is 0.270. The molecule has 1 heterocycles. The number of hydrogen-bond donors (Lipinski definition) is 1. The molecule has 140 valence electrons. The molecule has 0 aliphatic rings. The Hall–Kier alpha value is -2.70. The van der Waals surface area contributed by atoms with Crippen LogP contribution in [0.25, 0.3) is 0 Å². The number of alkyl halides is 2. The van der Waals surface area contributed by atoms with Crippen LogP contribution in [0.5, 0.6) is 11.6 Å². The van der Waals surface area contributed by atoms with Gasteiger partial charge in [-0.1, -0.05) is 13.0 Å². The van der Waals surface area contributed by atoms with Gasteiger partial charge in [-0.25, -0.2) is 4.98 Å². The number of carbonyl (C=O) groups is 1. The number of nitrogens with one attached hydrogen (secondary N) is 1. The standard InChI is InChI=1S/C19H22F2N2O3/c1-4-8-25-18-14(6-5-7-22-18)11-23-17(24)15-9-12(2)16(13(3)10-15)26-19(20)21/h5-7,9-10,19H,4,8,11H2,1-3H3,(H,23,24). The summed E-state index contributed by atoms with van der Waals surface area (Å²) in [5, 5.41) is 2.80. The number of aromatic nitrogens is 1. The van der Waals surface area contributed by atoms with Crippen LogP contribution in [0.2, 0.25) is 0 Å². The molecule has 26 heavy (non-hydrogen) atoms. The Bertz CT molecular complexity index is 743. The highest BCUT2D eigenvalue weighted by molar-refractivity contribution is 5.94. The average Bonchev–Trinajstić information content (AvgIpc) is 2.61. The minimum atomic E-state index is -2.90. The predicted octanol–water partition coefficient (Wildman–Crippen LogP) is 4.02. The smallest absolute Gasteiger partial charge is 0.387 e. The van der Waals surface area contributed by atoms with Gasteiger partial charge in [-0.05, 0) is 49.6 Å². The van der Waals surface area contributed by atoms with Crippen molar-refractivity contribution in [2.24, 2.45) is 0 Å². The maximum absolute atomic E-state index is 12.5. The van der Waals surface area contributed by atoms with Gasteiger partial charge in [-0.15, -0.1) is 0 Å². The molecule has 0 saturated carbocycles. The zero-order valence-corrected chi connectivity index (χ0v) is 15.0. The molecular formula is C19H22F2N2O3. The lowest BCUT2D eigenvalue weighted by atomic mass is 10.0. The van der Waals surface area contributed by atoms with Gasteiger partial charge < -0.3 is 14.8 Å². The first-order valence-electron chi connectivity index (χ1n) is 8.33. The van der Waals surface area contributed by atoms with E-state index in [-0.39, 0.29) is 18.2 Å². The van der Waals surface area contributed by atoms with E-state index < -0.39 is 6.61 Å². The third-order valence-corrected chi connectivity index (χ3v) is 3.66. The largest absolute Gasteiger partial charge is 0.477 e. The molecule has 1 N–H and O–H groups in total. The molecule has 2 rings (SSSR count). The summed E-state index contributed by atoms with van der Waals surface area (Å²) in [6, 6.07) is 6.65. The fraction of sp³-hybridized carbons (Fsp3) is 0.368. The Morgan fingerprint density at radius 2 is 1.96 bits per heavy atom. The Labute approximate surface area is 151 Å². The monoisotopic (exact) mass is 364 g/mol. The fourth-order valence-corrected chi connectivity index (χ4v) is 2.52. The lowest BCUT2D eigenvalue weighted by molar-refractivity contribution is -0.0507. The van der Waals surface area contributed by atoms with Crippen LogP contribution < -0.4 is 14.8 Å². The van der Waals surface area contributed by atoms with E-state index in [1.165, 1.54) is 12.1 Å². The molecule has 7 heteroatoms. The molecule has 1 aromatic heterocycles. The molecule has 0 bridgehead atoms. The number of pyridine rings is 1. The zero-order chi connectivity index (χ0) is 19.1. The van der Waals surface area contributed by atoms with Crippen molar-refractivity contribution < 1.29 is 23.0 Å². The van der Waals surface area contributed by atoms with Gasteiger partial charge in [0.1, 0.15) is 5.75 Å². The summed E-state index contributed by atoms with van der Waals surface area (Å²) in [6.07, 6.45) is 2.48. The van der Waals surface area contributed by atoms with E-state index in [0.717, 1.165) is 12.0 Å². The van der Waals surface area contributed by atoms with Crippen molar-refractivity contribution in [3.63, 3.8) is 0 Å². The van der Waals surface area contributed by atoms with Gasteiger partial charge in [0.15, 0.2) is 0 Å². The van der Waals surface area contributed by atoms with Crippen LogP contribution in [0.4, 0.5) is 8.78 Å². The fourth-order valence-electron chi connectivity index (χ4n) is 2.52. The van der Waals surface area contributed by atoms with Crippen molar-refractivity contribution in [1.82, 2.24) is 10.3 Å². The first-order valence-corrected chi connectivity index (χ1v) is 8.33. The number of nitrogens with zero attached hydrogens (tertiary/aromatic N) is 1. The normalized spacial score (nSPS) is 10.7. The SMILES string of the molecule is CCCOc1ncccc1CNC(=O)c1cc(C)c(OC(F)F)c(C)c1. The van der Waals surface area contributed by atoms with Crippen molar-refractivity contribution in [3.8, 4) is 11.6 Å². The van der Waals surface area contributed by atoms with Gasteiger partial charge in [-0.2, -0.15) is 8.78 Å². The Balaban J connectivity index is 2.09. The summed E-state index contributed by atoms with van der Waals surface area (Å²) >= 11 is 0. The van der Waals surface area contributed by atoms with E-state index in [9.17, 15) is 13.6 Å². The van der Waals surface area contributed by atoms with Crippen LogP contribution >= 0.6 is 0 Å². The third-order valence-electron chi connectivity index (χ3n) is 3.66. The number of halogens is 2. The maximum Gasteiger partial charge on any atom is 0.387 e. The minimum Gasteiger partial charge on any atom is -0.477 e. The minimum absolute atomic E-state index is 0.0964. The number of rotatable bonds is 8. The van der Waals surface area contributed by atoms with E-state index in [1.54, 1.807) is 26.1 Å². The number of carbonyl (C=O) groups excluding carboxylic acids is 1. The molecule has 0 saturated heterocycles. The quantitative estimate of drug-likeness (QED) is 0.769. The number of benzene rings is 1. The zero-order valence-electron chi connectivity index (χ0n) is 15.0. The second kappa shape index (κ2) is 9.12. The van der Waals surface area contributed by atoms with E-state index in [0.29, 0.717) is 29.2 Å². The van der Waals surface area contributed by atoms with Gasteiger partial charge in [0.05, 0.1) is 6.61 Å². The molecule has 0 fully saturated rings. The molecule has 0 spiro atoms. The van der Waals surface area contributed by atoms with Crippen molar-refractivity contribution in [2.45, 2.75) is 40.3 Å². The van der Waals surface area contributed by atoms with Gasteiger partial charge in [0.2, 0.25) is 5.88 Å². The highest BCUT2D eigenvalue weighted by atomic mass is 19.3. The number of hydrogen-bond acceptors (Lipinski definition) is 4. The van der Waals surface area contributed by atoms with Crippen LogP contribution in [-0.4, -0.2) is 24.1 Å². The molecular weight excluding hydrogens is 342 g/mol. The second-order valence-corrected chi connectivity index (χ2v) is 5.82. The predicted molar refractivity (Wildman–Crippen MR) is 93.7 cm³/mol. The molecule has 1 amide bonds. The van der Waals surface area contributed by atoms with Crippen molar-refractivity contribution in [1.29, 1.82) is 0 Å². The van der Waals surface area contributed by atoms with Gasteiger partial charge in [-0.3, -0.25) is 4.79 Å². The maximum atomic E-state index is 12.5. The van der Waals surface area contributed by atoms with Crippen molar-refractivity contribution in [2.75, 3.05) is 6.61 Å². The summed E-state index contributed by atoms with van der Waals surface area (Å²) in [7, 11) is 0. The van der Waals surface area contributed by atoms with Crippen molar-refractivity contribution in [3.05, 3.63) is 52.7 Å². The average molecular weight is 364 g/mol. The molecule has 0 unspecified atom stereocenters. The number of ether oxygens (including phenoxy) is 2. The Morgan fingerprint density at radius 1 is 1.27 bits per heavy atom. The summed E-state index contributed by atoms with van der Waals surface area (Å²) in [4.78, 5) is 16.6. The van der Waals surface area contributed by atoms with Crippen LogP contribution in [0.1, 0.15) is 40.4 Å². The number of aryl methyl sites for hydroxylation is 2. The molecule has 2 aromatic rings. The van der Waals surface area contributed by atoms with Crippen LogP contribution in [0, 0.1) is 13.8 Å². The highest BCUT2D eigenvalue weighted by Crippen LogP contribution is 2.26. The van der Waals surface area contributed by atoms with E-state index in [2.05, 4.69) is 15.0 Å². The summed E-state index contributed by atoms with van der Waals surface area (Å²) < 4.78 is 35.0. The van der Waals surface area contributed by atoms with E-state index in [4.69, 9.17) is 4.74 Å². The lowest BCUT2D eigenvalue weighted by Gasteiger charge is -2.14. The van der Waals surface area contributed by atoms with Crippen LogP contribution in [0.3, 0.4) is 0 Å². The topological polar surface area (TPSA) is 60.5 Å². The van der Waals surface area contributed by atoms with Crippen molar-refractivity contribution >= 4 is 5.91 Å². The summed E-state index contributed by atoms with van der Waals surface area (Å²) in [6.45, 7) is 3.13. The van der Waals surface area contributed by atoms with Gasteiger partial charge in [0.25, 0.3) is 5.91 Å². The third kappa shape index (κ3) is 5.15. The molecule has 0 atom stereocenters. The first kappa shape index (κ1) is 19.6. The Kier molecular flexibility index (Phi) is 6.89. The second-order valence-electron chi connectivity index (χ2n) is 5.82. The van der Waals surface area contributed by atoms with Crippen LogP contribution in [0.15, 0.2) is 30.5 Å². The van der Waals surface area contributed by atoms with E-state index in [1.807, 2.05) is 13.0 Å². The molecule has 0 radical (unpaired) electrons. The van der Waals surface area contributed by atoms with Crippen LogP contribution in [-0.2, 0) is 6.54 Å². The molecule has 0 aliphatic heterocycles. The first-order chi connectivity index (χ1) is 12.4. The lowest BCUT2D eigenvalue weighted by Crippen LogP contribution is -2.23. The molecule has 5 nitrogen and oxygen atoms in total. The van der Waals surface area contributed by atoms with E-state index >= 15 is 0 Å². The Morgan fingerprint density at radius 3 is 2.58 bits per heavy atom. The van der Waals surface area contributed by atoms with Gasteiger partial charge >= 0.3 is 6.61 Å². The highest BCUT2D eigenvalue weighted by Gasteiger charge is 2.15. The van der Waals surface area contributed by atoms with Gasteiger partial charge in [0, 0.05) is 23.9 Å². The molecule has 1 aromatic carbocycles. The molecule has 0 aliphatic carbocycles. The number of amides is 1.